The number of fused-ring (bicyclic) bond motifs is 1. The van der Waals surface area contributed by atoms with Crippen LogP contribution in [0.2, 0.25) is 0 Å². The van der Waals surface area contributed by atoms with Crippen LogP contribution in [-0.4, -0.2) is 19.5 Å². The standard InChI is InChI=1S/C16H15N5O2/c1-20-14-6-4-11(8-13(14)19-16(20)10-2-3-10)18-15-7-5-12(9-17-15)21(22)23/h4-10H,2-3H2,1H3,(H,17,18). The molecule has 0 atom stereocenters. The van der Waals surface area contributed by atoms with Crippen molar-refractivity contribution in [1.29, 1.82) is 0 Å². The van der Waals surface area contributed by atoms with Crippen molar-refractivity contribution in [2.45, 2.75) is 18.8 Å². The molecule has 1 aliphatic carbocycles. The smallest absolute Gasteiger partial charge is 0.287 e. The number of nitro groups is 1. The monoisotopic (exact) mass is 309 g/mol. The van der Waals surface area contributed by atoms with Crippen LogP contribution in [0.5, 0.6) is 0 Å². The Morgan fingerprint density at radius 1 is 1.30 bits per heavy atom. The van der Waals surface area contributed by atoms with Gasteiger partial charge < -0.3 is 9.88 Å². The molecular weight excluding hydrogens is 294 g/mol. The fourth-order valence-electron chi connectivity index (χ4n) is 2.72. The zero-order valence-corrected chi connectivity index (χ0v) is 12.6. The minimum absolute atomic E-state index is 0.0233. The molecule has 0 saturated heterocycles. The normalized spacial score (nSPS) is 14.1. The van der Waals surface area contributed by atoms with Gasteiger partial charge >= 0.3 is 0 Å². The zero-order chi connectivity index (χ0) is 16.0. The minimum atomic E-state index is -0.462. The van der Waals surface area contributed by atoms with Crippen LogP contribution in [0.15, 0.2) is 36.5 Å². The molecule has 1 N–H and O–H groups in total. The van der Waals surface area contributed by atoms with Crippen LogP contribution < -0.4 is 5.32 Å². The van der Waals surface area contributed by atoms with Gasteiger partial charge in [-0.25, -0.2) is 9.97 Å². The van der Waals surface area contributed by atoms with Gasteiger partial charge in [0.05, 0.1) is 16.0 Å². The van der Waals surface area contributed by atoms with E-state index in [1.54, 1.807) is 6.07 Å². The van der Waals surface area contributed by atoms with Crippen molar-refractivity contribution in [3.8, 4) is 0 Å². The number of rotatable bonds is 4. The fraction of sp³-hybridized carbons (Fsp3) is 0.250. The van der Waals surface area contributed by atoms with Gasteiger partial charge in [-0.2, -0.15) is 0 Å². The second kappa shape index (κ2) is 5.05. The lowest BCUT2D eigenvalue weighted by Crippen LogP contribution is -1.95. The van der Waals surface area contributed by atoms with Crippen molar-refractivity contribution < 1.29 is 4.92 Å². The number of nitrogens with one attached hydrogen (secondary N) is 1. The van der Waals surface area contributed by atoms with Crippen molar-refractivity contribution in [3.63, 3.8) is 0 Å². The molecule has 0 radical (unpaired) electrons. The van der Waals surface area contributed by atoms with E-state index in [2.05, 4.69) is 14.9 Å². The maximum Gasteiger partial charge on any atom is 0.287 e. The average molecular weight is 309 g/mol. The molecule has 1 aromatic carbocycles. The Balaban J connectivity index is 1.62. The van der Waals surface area contributed by atoms with Crippen molar-refractivity contribution in [2.75, 3.05) is 5.32 Å². The molecule has 2 heterocycles. The van der Waals surface area contributed by atoms with E-state index in [0.29, 0.717) is 11.7 Å². The third-order valence-electron chi connectivity index (χ3n) is 4.09. The molecule has 7 nitrogen and oxygen atoms in total. The van der Waals surface area contributed by atoms with E-state index in [-0.39, 0.29) is 5.69 Å². The molecule has 0 bridgehead atoms. The van der Waals surface area contributed by atoms with E-state index in [1.807, 2.05) is 25.2 Å². The molecule has 0 unspecified atom stereocenters. The van der Waals surface area contributed by atoms with E-state index in [1.165, 1.54) is 25.1 Å². The van der Waals surface area contributed by atoms with Gasteiger partial charge in [-0.05, 0) is 37.1 Å². The molecule has 1 saturated carbocycles. The van der Waals surface area contributed by atoms with Gasteiger partial charge in [0.25, 0.3) is 5.69 Å². The molecule has 116 valence electrons. The second-order valence-corrected chi connectivity index (χ2v) is 5.79. The van der Waals surface area contributed by atoms with Gasteiger partial charge in [-0.3, -0.25) is 10.1 Å². The van der Waals surface area contributed by atoms with Crippen LogP contribution in [0.25, 0.3) is 11.0 Å². The molecule has 3 aromatic rings. The van der Waals surface area contributed by atoms with Gasteiger partial charge in [0.15, 0.2) is 0 Å². The van der Waals surface area contributed by atoms with Crippen LogP contribution in [-0.2, 0) is 7.05 Å². The highest BCUT2D eigenvalue weighted by Gasteiger charge is 2.28. The number of pyridine rings is 1. The number of aryl methyl sites for hydroxylation is 1. The lowest BCUT2D eigenvalue weighted by molar-refractivity contribution is -0.385. The van der Waals surface area contributed by atoms with Gasteiger partial charge in [0.1, 0.15) is 17.8 Å². The number of anilines is 2. The number of benzene rings is 1. The summed E-state index contributed by atoms with van der Waals surface area (Å²) in [7, 11) is 2.05. The first-order chi connectivity index (χ1) is 11.1. The van der Waals surface area contributed by atoms with E-state index in [4.69, 9.17) is 4.98 Å². The number of aromatic nitrogens is 3. The Hall–Kier alpha value is -2.96. The third kappa shape index (κ3) is 2.50. The molecule has 7 heteroatoms. The number of hydrogen-bond donors (Lipinski definition) is 1. The fourth-order valence-corrected chi connectivity index (χ4v) is 2.72. The molecule has 4 rings (SSSR count). The first-order valence-electron chi connectivity index (χ1n) is 7.45. The first-order valence-corrected chi connectivity index (χ1v) is 7.45. The Morgan fingerprint density at radius 2 is 2.13 bits per heavy atom. The summed E-state index contributed by atoms with van der Waals surface area (Å²) in [5, 5.41) is 13.8. The average Bonchev–Trinajstić information content (AvgIpc) is 3.33. The Bertz CT molecular complexity index is 897. The molecule has 1 fully saturated rings. The summed E-state index contributed by atoms with van der Waals surface area (Å²) in [6, 6.07) is 8.99. The number of nitrogens with zero attached hydrogens (tertiary/aromatic N) is 4. The topological polar surface area (TPSA) is 85.9 Å². The zero-order valence-electron chi connectivity index (χ0n) is 12.6. The van der Waals surface area contributed by atoms with Crippen LogP contribution in [0.3, 0.4) is 0 Å². The van der Waals surface area contributed by atoms with Crippen molar-refractivity contribution in [2.24, 2.45) is 7.05 Å². The highest BCUT2D eigenvalue weighted by Crippen LogP contribution is 2.40. The Morgan fingerprint density at radius 3 is 2.78 bits per heavy atom. The van der Waals surface area contributed by atoms with E-state index >= 15 is 0 Å². The summed E-state index contributed by atoms with van der Waals surface area (Å²) in [6.07, 6.45) is 3.68. The molecule has 23 heavy (non-hydrogen) atoms. The molecule has 0 aliphatic heterocycles. The SMILES string of the molecule is Cn1c(C2CC2)nc2cc(Nc3ccc([N+](=O)[O-])cn3)ccc21. The molecule has 2 aromatic heterocycles. The van der Waals surface area contributed by atoms with E-state index < -0.39 is 4.92 Å². The summed E-state index contributed by atoms with van der Waals surface area (Å²) in [6.45, 7) is 0. The second-order valence-electron chi connectivity index (χ2n) is 5.79. The number of imidazole rings is 1. The Kier molecular flexibility index (Phi) is 3.00. The van der Waals surface area contributed by atoms with Crippen molar-refractivity contribution in [1.82, 2.24) is 14.5 Å². The lowest BCUT2D eigenvalue weighted by atomic mass is 10.2. The van der Waals surface area contributed by atoms with Crippen molar-refractivity contribution in [3.05, 3.63) is 52.5 Å². The highest BCUT2D eigenvalue weighted by molar-refractivity contribution is 5.81. The number of hydrogen-bond acceptors (Lipinski definition) is 5. The molecular formula is C16H15N5O2. The minimum Gasteiger partial charge on any atom is -0.340 e. The molecule has 0 amide bonds. The summed E-state index contributed by atoms with van der Waals surface area (Å²) >= 11 is 0. The van der Waals surface area contributed by atoms with Crippen LogP contribution >= 0.6 is 0 Å². The van der Waals surface area contributed by atoms with E-state index in [9.17, 15) is 10.1 Å². The summed E-state index contributed by atoms with van der Waals surface area (Å²) in [4.78, 5) is 19.0. The van der Waals surface area contributed by atoms with Gasteiger partial charge in [-0.15, -0.1) is 0 Å². The maximum atomic E-state index is 10.6. The summed E-state index contributed by atoms with van der Waals surface area (Å²) in [5.74, 6) is 2.30. The maximum absolute atomic E-state index is 10.6. The Labute approximate surface area is 132 Å². The van der Waals surface area contributed by atoms with Crippen LogP contribution in [0, 0.1) is 10.1 Å². The quantitative estimate of drug-likeness (QED) is 0.589. The largest absolute Gasteiger partial charge is 0.340 e. The third-order valence-corrected chi connectivity index (χ3v) is 4.09. The van der Waals surface area contributed by atoms with Gasteiger partial charge in [0, 0.05) is 24.7 Å². The summed E-state index contributed by atoms with van der Waals surface area (Å²) < 4.78 is 2.15. The predicted molar refractivity (Wildman–Crippen MR) is 86.9 cm³/mol. The highest BCUT2D eigenvalue weighted by atomic mass is 16.6. The van der Waals surface area contributed by atoms with Gasteiger partial charge in [-0.1, -0.05) is 0 Å². The molecule has 0 spiro atoms. The van der Waals surface area contributed by atoms with Gasteiger partial charge in [0.2, 0.25) is 0 Å². The molecule has 1 aliphatic rings. The first kappa shape index (κ1) is 13.7. The van der Waals surface area contributed by atoms with E-state index in [0.717, 1.165) is 22.5 Å². The lowest BCUT2D eigenvalue weighted by Gasteiger charge is -2.05. The predicted octanol–water partition coefficient (Wildman–Crippen LogP) is 3.50. The van der Waals surface area contributed by atoms with Crippen LogP contribution in [0.1, 0.15) is 24.6 Å². The summed E-state index contributed by atoms with van der Waals surface area (Å²) in [5.41, 5.74) is 2.89. The van der Waals surface area contributed by atoms with Crippen LogP contribution in [0.4, 0.5) is 17.2 Å². The van der Waals surface area contributed by atoms with Crippen molar-refractivity contribution >= 4 is 28.2 Å².